The fraction of sp³-hybridized carbons (Fsp3) is 0.636. The lowest BCUT2D eigenvalue weighted by molar-refractivity contribution is 0.0166. The highest BCUT2D eigenvalue weighted by molar-refractivity contribution is 5.39. The molecular weight excluding hydrogens is 218 g/mol. The first-order valence-corrected chi connectivity index (χ1v) is 5.98. The van der Waals surface area contributed by atoms with Crippen LogP contribution < -0.4 is 16.6 Å². The number of rotatable bonds is 4. The molecule has 5 N–H and O–H groups in total. The fourth-order valence-corrected chi connectivity index (χ4v) is 2.17. The Labute approximate surface area is 101 Å². The third-order valence-electron chi connectivity index (χ3n) is 3.17. The first-order valence-electron chi connectivity index (χ1n) is 5.98. The van der Waals surface area contributed by atoms with Crippen LogP contribution in [0.3, 0.4) is 0 Å². The van der Waals surface area contributed by atoms with Gasteiger partial charge in [0.05, 0.1) is 5.60 Å². The Bertz CT molecular complexity index is 365. The molecule has 1 fully saturated rings. The van der Waals surface area contributed by atoms with E-state index in [1.54, 1.807) is 12.3 Å². The second kappa shape index (κ2) is 5.29. The van der Waals surface area contributed by atoms with E-state index in [9.17, 15) is 5.11 Å². The predicted molar refractivity (Wildman–Crippen MR) is 66.4 cm³/mol. The van der Waals surface area contributed by atoms with Crippen LogP contribution in [-0.2, 0) is 0 Å². The molecule has 1 aliphatic rings. The van der Waals surface area contributed by atoms with Gasteiger partial charge in [0.2, 0.25) is 5.95 Å². The molecule has 0 amide bonds. The number of hydrazine groups is 1. The van der Waals surface area contributed by atoms with Crippen molar-refractivity contribution >= 4 is 11.8 Å². The zero-order valence-corrected chi connectivity index (χ0v) is 9.82. The third-order valence-corrected chi connectivity index (χ3v) is 3.17. The minimum Gasteiger partial charge on any atom is -0.388 e. The lowest BCUT2D eigenvalue weighted by Crippen LogP contribution is -2.39. The van der Waals surface area contributed by atoms with Crippen molar-refractivity contribution in [2.75, 3.05) is 17.3 Å². The number of hydrogen-bond donors (Lipinski definition) is 4. The molecule has 1 aromatic rings. The maximum atomic E-state index is 10.3. The average molecular weight is 237 g/mol. The third kappa shape index (κ3) is 3.28. The molecule has 0 aliphatic heterocycles. The summed E-state index contributed by atoms with van der Waals surface area (Å²) >= 11 is 0. The van der Waals surface area contributed by atoms with Crippen LogP contribution in [0.4, 0.5) is 11.8 Å². The molecule has 0 unspecified atom stereocenters. The number of nitrogens with one attached hydrogen (secondary N) is 2. The minimum absolute atomic E-state index is 0.366. The van der Waals surface area contributed by atoms with Gasteiger partial charge in [-0.1, -0.05) is 19.3 Å². The number of hydrogen-bond acceptors (Lipinski definition) is 6. The molecule has 1 saturated carbocycles. The monoisotopic (exact) mass is 237 g/mol. The Kier molecular flexibility index (Phi) is 3.75. The summed E-state index contributed by atoms with van der Waals surface area (Å²) in [6.45, 7) is 0.522. The summed E-state index contributed by atoms with van der Waals surface area (Å²) in [6, 6.07) is 1.76. The number of nitrogen functional groups attached to an aromatic ring is 1. The molecular formula is C11H19N5O. The van der Waals surface area contributed by atoms with Crippen molar-refractivity contribution in [3.63, 3.8) is 0 Å². The van der Waals surface area contributed by atoms with Crippen LogP contribution in [0.2, 0.25) is 0 Å². The summed E-state index contributed by atoms with van der Waals surface area (Å²) < 4.78 is 0. The Balaban J connectivity index is 1.92. The van der Waals surface area contributed by atoms with E-state index < -0.39 is 5.60 Å². The van der Waals surface area contributed by atoms with E-state index in [2.05, 4.69) is 20.7 Å². The van der Waals surface area contributed by atoms with Crippen LogP contribution in [0, 0.1) is 0 Å². The van der Waals surface area contributed by atoms with Crippen molar-refractivity contribution in [1.29, 1.82) is 0 Å². The van der Waals surface area contributed by atoms with E-state index in [1.165, 1.54) is 6.42 Å². The van der Waals surface area contributed by atoms with E-state index in [0.717, 1.165) is 25.7 Å². The van der Waals surface area contributed by atoms with Crippen LogP contribution in [0.15, 0.2) is 12.3 Å². The number of aliphatic hydroxyl groups is 1. The summed E-state index contributed by atoms with van der Waals surface area (Å²) in [4.78, 5) is 8.06. The topological polar surface area (TPSA) is 96.1 Å². The lowest BCUT2D eigenvalue weighted by Gasteiger charge is -2.32. The first-order chi connectivity index (χ1) is 8.22. The first kappa shape index (κ1) is 12.1. The van der Waals surface area contributed by atoms with E-state index in [-0.39, 0.29) is 0 Å². The number of nitrogens with zero attached hydrogens (tertiary/aromatic N) is 2. The standard InChI is InChI=1S/C11H19N5O/c12-16-10-13-7-4-9(15-10)14-8-11(17)5-2-1-3-6-11/h4,7,17H,1-3,5-6,8,12H2,(H2,13,14,15,16). The van der Waals surface area contributed by atoms with Crippen LogP contribution in [0.1, 0.15) is 32.1 Å². The van der Waals surface area contributed by atoms with Crippen molar-refractivity contribution in [3.05, 3.63) is 12.3 Å². The largest absolute Gasteiger partial charge is 0.388 e. The van der Waals surface area contributed by atoms with Crippen molar-refractivity contribution in [1.82, 2.24) is 9.97 Å². The molecule has 6 nitrogen and oxygen atoms in total. The van der Waals surface area contributed by atoms with Gasteiger partial charge in [0.1, 0.15) is 5.82 Å². The summed E-state index contributed by atoms with van der Waals surface area (Å²) in [7, 11) is 0. The maximum absolute atomic E-state index is 10.3. The van der Waals surface area contributed by atoms with Gasteiger partial charge in [-0.2, -0.15) is 4.98 Å². The van der Waals surface area contributed by atoms with Crippen LogP contribution >= 0.6 is 0 Å². The van der Waals surface area contributed by atoms with Crippen LogP contribution in [-0.4, -0.2) is 27.2 Å². The highest BCUT2D eigenvalue weighted by Gasteiger charge is 2.28. The van der Waals surface area contributed by atoms with E-state index in [0.29, 0.717) is 18.3 Å². The quantitative estimate of drug-likeness (QED) is 0.458. The van der Waals surface area contributed by atoms with Gasteiger partial charge in [0, 0.05) is 12.7 Å². The molecule has 0 spiro atoms. The van der Waals surface area contributed by atoms with E-state index in [4.69, 9.17) is 5.84 Å². The number of aromatic nitrogens is 2. The van der Waals surface area contributed by atoms with Gasteiger partial charge in [0.25, 0.3) is 0 Å². The van der Waals surface area contributed by atoms with E-state index in [1.807, 2.05) is 0 Å². The van der Waals surface area contributed by atoms with Crippen LogP contribution in [0.25, 0.3) is 0 Å². The SMILES string of the molecule is NNc1nccc(NCC2(O)CCCCC2)n1. The van der Waals surface area contributed by atoms with Gasteiger partial charge < -0.3 is 10.4 Å². The van der Waals surface area contributed by atoms with Gasteiger partial charge in [-0.15, -0.1) is 0 Å². The van der Waals surface area contributed by atoms with Crippen molar-refractivity contribution in [3.8, 4) is 0 Å². The van der Waals surface area contributed by atoms with Gasteiger partial charge >= 0.3 is 0 Å². The average Bonchev–Trinajstić information content (AvgIpc) is 2.38. The highest BCUT2D eigenvalue weighted by Crippen LogP contribution is 2.28. The van der Waals surface area contributed by atoms with E-state index >= 15 is 0 Å². The Morgan fingerprint density at radius 2 is 2.12 bits per heavy atom. The molecule has 0 bridgehead atoms. The Morgan fingerprint density at radius 3 is 2.82 bits per heavy atom. The molecule has 94 valence electrons. The zero-order chi connectivity index (χ0) is 12.1. The molecule has 1 aromatic heterocycles. The van der Waals surface area contributed by atoms with Crippen molar-refractivity contribution < 1.29 is 5.11 Å². The molecule has 17 heavy (non-hydrogen) atoms. The maximum Gasteiger partial charge on any atom is 0.239 e. The molecule has 1 aliphatic carbocycles. The highest BCUT2D eigenvalue weighted by atomic mass is 16.3. The Hall–Kier alpha value is -1.40. The fourth-order valence-electron chi connectivity index (χ4n) is 2.17. The molecule has 1 heterocycles. The lowest BCUT2D eigenvalue weighted by atomic mass is 9.85. The minimum atomic E-state index is -0.598. The number of nitrogens with two attached hydrogens (primary N) is 1. The van der Waals surface area contributed by atoms with Crippen LogP contribution in [0.5, 0.6) is 0 Å². The van der Waals surface area contributed by atoms with Crippen molar-refractivity contribution in [2.45, 2.75) is 37.7 Å². The zero-order valence-electron chi connectivity index (χ0n) is 9.82. The Morgan fingerprint density at radius 1 is 1.35 bits per heavy atom. The summed E-state index contributed by atoms with van der Waals surface area (Å²) in [6.07, 6.45) is 6.74. The van der Waals surface area contributed by atoms with Crippen molar-refractivity contribution in [2.24, 2.45) is 5.84 Å². The number of anilines is 2. The van der Waals surface area contributed by atoms with Gasteiger partial charge in [-0.3, -0.25) is 5.43 Å². The van der Waals surface area contributed by atoms with Gasteiger partial charge in [0.15, 0.2) is 0 Å². The van der Waals surface area contributed by atoms with Gasteiger partial charge in [-0.25, -0.2) is 10.8 Å². The second-order valence-electron chi connectivity index (χ2n) is 4.55. The molecule has 0 atom stereocenters. The van der Waals surface area contributed by atoms with Gasteiger partial charge in [-0.05, 0) is 18.9 Å². The summed E-state index contributed by atoms with van der Waals surface area (Å²) in [5, 5.41) is 13.4. The molecule has 6 heteroatoms. The molecule has 0 saturated heterocycles. The molecule has 0 aromatic carbocycles. The molecule has 2 rings (SSSR count). The second-order valence-corrected chi connectivity index (χ2v) is 4.55. The normalized spacial score (nSPS) is 18.7. The smallest absolute Gasteiger partial charge is 0.239 e. The molecule has 0 radical (unpaired) electrons. The summed E-state index contributed by atoms with van der Waals surface area (Å²) in [5.41, 5.74) is 1.79. The summed E-state index contributed by atoms with van der Waals surface area (Å²) in [5.74, 6) is 6.27. The predicted octanol–water partition coefficient (Wildman–Crippen LogP) is 0.869.